The smallest absolute Gasteiger partial charge is 0.276 e. The van der Waals surface area contributed by atoms with E-state index < -0.39 is 5.41 Å². The van der Waals surface area contributed by atoms with Gasteiger partial charge in [-0.1, -0.05) is 37.3 Å². The Kier molecular flexibility index (Phi) is 5.69. The molecular formula is C23H29N3O3. The summed E-state index contributed by atoms with van der Waals surface area (Å²) in [7, 11) is 0. The highest BCUT2D eigenvalue weighted by Gasteiger charge is 2.49. The predicted octanol–water partition coefficient (Wildman–Crippen LogP) is 3.32. The van der Waals surface area contributed by atoms with Gasteiger partial charge in [0.1, 0.15) is 5.76 Å². The van der Waals surface area contributed by atoms with Crippen LogP contribution in [0.2, 0.25) is 0 Å². The predicted molar refractivity (Wildman–Crippen MR) is 109 cm³/mol. The van der Waals surface area contributed by atoms with Crippen LogP contribution in [-0.2, 0) is 17.6 Å². The number of hydrogen-bond acceptors (Lipinski definition) is 4. The number of oxazole rings is 1. The Morgan fingerprint density at radius 3 is 2.83 bits per heavy atom. The van der Waals surface area contributed by atoms with Crippen molar-refractivity contribution in [2.75, 3.05) is 26.2 Å². The lowest BCUT2D eigenvalue weighted by Crippen LogP contribution is -2.50. The number of nitrogens with zero attached hydrogens (tertiary/aromatic N) is 3. The van der Waals surface area contributed by atoms with Gasteiger partial charge in [0.05, 0.1) is 5.41 Å². The molecule has 2 aliphatic heterocycles. The number of likely N-dealkylation sites (tertiary alicyclic amines) is 2. The minimum atomic E-state index is -0.420. The number of carbonyl (C=O) groups is 2. The van der Waals surface area contributed by atoms with Crippen molar-refractivity contribution < 1.29 is 14.0 Å². The van der Waals surface area contributed by atoms with Crippen LogP contribution in [0.5, 0.6) is 0 Å². The molecule has 1 atom stereocenters. The molecule has 4 rings (SSSR count). The summed E-state index contributed by atoms with van der Waals surface area (Å²) >= 11 is 0. The Bertz CT molecular complexity index is 863. The monoisotopic (exact) mass is 395 g/mol. The van der Waals surface area contributed by atoms with Crippen LogP contribution < -0.4 is 0 Å². The lowest BCUT2D eigenvalue weighted by Gasteiger charge is -2.39. The first kappa shape index (κ1) is 19.7. The summed E-state index contributed by atoms with van der Waals surface area (Å²) < 4.78 is 5.32. The Labute approximate surface area is 171 Å². The van der Waals surface area contributed by atoms with Gasteiger partial charge in [0, 0.05) is 32.6 Å². The molecule has 29 heavy (non-hydrogen) atoms. The first-order valence-electron chi connectivity index (χ1n) is 10.7. The molecule has 0 N–H and O–H groups in total. The van der Waals surface area contributed by atoms with Gasteiger partial charge in [0.2, 0.25) is 5.91 Å². The number of rotatable bonds is 6. The highest BCUT2D eigenvalue weighted by molar-refractivity contribution is 5.94. The van der Waals surface area contributed by atoms with Gasteiger partial charge in [0.15, 0.2) is 12.1 Å². The molecule has 2 amide bonds. The highest BCUT2D eigenvalue weighted by atomic mass is 16.3. The number of aryl methyl sites for hydroxylation is 2. The number of piperidine rings is 1. The van der Waals surface area contributed by atoms with Crippen LogP contribution in [0.4, 0.5) is 0 Å². The molecule has 1 spiro atoms. The zero-order valence-electron chi connectivity index (χ0n) is 17.1. The maximum atomic E-state index is 13.3. The van der Waals surface area contributed by atoms with E-state index in [0.717, 1.165) is 45.2 Å². The molecule has 2 fully saturated rings. The fourth-order valence-corrected chi connectivity index (χ4v) is 4.75. The Morgan fingerprint density at radius 1 is 1.21 bits per heavy atom. The first-order chi connectivity index (χ1) is 14.1. The molecule has 3 heterocycles. The van der Waals surface area contributed by atoms with E-state index in [4.69, 9.17) is 4.42 Å². The van der Waals surface area contributed by atoms with Gasteiger partial charge in [-0.25, -0.2) is 4.98 Å². The van der Waals surface area contributed by atoms with E-state index in [0.29, 0.717) is 31.0 Å². The number of benzene rings is 1. The maximum Gasteiger partial charge on any atom is 0.276 e. The molecule has 2 aliphatic rings. The quantitative estimate of drug-likeness (QED) is 0.753. The third-order valence-electron chi connectivity index (χ3n) is 6.37. The second-order valence-corrected chi connectivity index (χ2v) is 8.22. The van der Waals surface area contributed by atoms with E-state index in [1.54, 1.807) is 4.90 Å². The van der Waals surface area contributed by atoms with Crippen LogP contribution in [-0.4, -0.2) is 52.8 Å². The summed E-state index contributed by atoms with van der Waals surface area (Å²) in [4.78, 5) is 34.2. The van der Waals surface area contributed by atoms with E-state index >= 15 is 0 Å². The summed E-state index contributed by atoms with van der Waals surface area (Å²) in [6.07, 6.45) is 6.52. The van der Waals surface area contributed by atoms with Crippen LogP contribution in [0.15, 0.2) is 41.1 Å². The van der Waals surface area contributed by atoms with E-state index in [9.17, 15) is 9.59 Å². The van der Waals surface area contributed by atoms with Crippen LogP contribution in [0, 0.1) is 5.41 Å². The van der Waals surface area contributed by atoms with Crippen LogP contribution in [0.1, 0.15) is 54.4 Å². The van der Waals surface area contributed by atoms with Gasteiger partial charge in [-0.2, -0.15) is 0 Å². The molecule has 1 aromatic heterocycles. The van der Waals surface area contributed by atoms with Crippen molar-refractivity contribution >= 4 is 11.8 Å². The van der Waals surface area contributed by atoms with Crippen molar-refractivity contribution in [1.82, 2.24) is 14.8 Å². The standard InChI is InChI=1S/C23H29N3O3/c1-2-19-20(24-17-29-19)21(27)26-15-12-23(16-26)11-7-14-25(22(23)28)13-6-10-18-8-4-3-5-9-18/h3-5,8-9,17H,2,6-7,10-16H2,1H3/t23-/m1/s1. The Hall–Kier alpha value is -2.63. The maximum absolute atomic E-state index is 13.3. The zero-order chi connectivity index (χ0) is 20.3. The molecule has 0 saturated carbocycles. The second-order valence-electron chi connectivity index (χ2n) is 8.22. The lowest BCUT2D eigenvalue weighted by molar-refractivity contribution is -0.145. The minimum Gasteiger partial charge on any atom is -0.448 e. The summed E-state index contributed by atoms with van der Waals surface area (Å²) in [6.45, 7) is 4.66. The molecule has 2 saturated heterocycles. The van der Waals surface area contributed by atoms with Crippen LogP contribution in [0.25, 0.3) is 0 Å². The molecule has 1 aromatic carbocycles. The topological polar surface area (TPSA) is 66.7 Å². The molecule has 2 aromatic rings. The second kappa shape index (κ2) is 8.39. The third-order valence-corrected chi connectivity index (χ3v) is 6.37. The molecule has 6 nitrogen and oxygen atoms in total. The van der Waals surface area contributed by atoms with E-state index in [1.165, 1.54) is 12.0 Å². The van der Waals surface area contributed by atoms with Gasteiger partial charge < -0.3 is 14.2 Å². The normalized spacial score (nSPS) is 21.9. The summed E-state index contributed by atoms with van der Waals surface area (Å²) in [5.74, 6) is 0.734. The Balaban J connectivity index is 1.38. The number of aromatic nitrogens is 1. The molecule has 0 radical (unpaired) electrons. The average Bonchev–Trinajstić information content (AvgIpc) is 3.39. The zero-order valence-corrected chi connectivity index (χ0v) is 17.1. The summed E-state index contributed by atoms with van der Waals surface area (Å²) in [5.41, 5.74) is 1.28. The van der Waals surface area contributed by atoms with Crippen molar-refractivity contribution in [2.45, 2.75) is 45.4 Å². The van der Waals surface area contributed by atoms with Crippen molar-refractivity contribution in [3.63, 3.8) is 0 Å². The van der Waals surface area contributed by atoms with Gasteiger partial charge in [-0.15, -0.1) is 0 Å². The molecule has 6 heteroatoms. The Morgan fingerprint density at radius 2 is 2.03 bits per heavy atom. The fourth-order valence-electron chi connectivity index (χ4n) is 4.75. The molecule has 0 aliphatic carbocycles. The summed E-state index contributed by atoms with van der Waals surface area (Å²) in [5, 5.41) is 0. The largest absolute Gasteiger partial charge is 0.448 e. The van der Waals surface area contributed by atoms with Crippen molar-refractivity contribution in [3.8, 4) is 0 Å². The molecule has 0 unspecified atom stereocenters. The van der Waals surface area contributed by atoms with Crippen molar-refractivity contribution in [1.29, 1.82) is 0 Å². The fraction of sp³-hybridized carbons (Fsp3) is 0.522. The number of carbonyl (C=O) groups excluding carboxylic acids is 2. The van der Waals surface area contributed by atoms with E-state index in [2.05, 4.69) is 29.2 Å². The van der Waals surface area contributed by atoms with Crippen molar-refractivity contribution in [2.24, 2.45) is 5.41 Å². The highest BCUT2D eigenvalue weighted by Crippen LogP contribution is 2.40. The van der Waals surface area contributed by atoms with E-state index in [1.807, 2.05) is 17.9 Å². The summed E-state index contributed by atoms with van der Waals surface area (Å²) in [6, 6.07) is 10.4. The van der Waals surface area contributed by atoms with Gasteiger partial charge in [-0.05, 0) is 37.7 Å². The third kappa shape index (κ3) is 3.93. The number of hydrogen-bond donors (Lipinski definition) is 0. The van der Waals surface area contributed by atoms with Gasteiger partial charge >= 0.3 is 0 Å². The molecule has 154 valence electrons. The average molecular weight is 396 g/mol. The van der Waals surface area contributed by atoms with E-state index in [-0.39, 0.29) is 11.8 Å². The minimum absolute atomic E-state index is 0.110. The lowest BCUT2D eigenvalue weighted by atomic mass is 9.78. The molecule has 0 bridgehead atoms. The van der Waals surface area contributed by atoms with Crippen molar-refractivity contribution in [3.05, 3.63) is 53.7 Å². The van der Waals surface area contributed by atoms with Gasteiger partial charge in [-0.3, -0.25) is 9.59 Å². The van der Waals surface area contributed by atoms with Gasteiger partial charge in [0.25, 0.3) is 5.91 Å². The number of amides is 2. The first-order valence-corrected chi connectivity index (χ1v) is 10.7. The SMILES string of the molecule is CCc1ocnc1C(=O)N1CC[C@]2(CCCN(CCCc3ccccc3)C2=O)C1. The van der Waals surface area contributed by atoms with Crippen LogP contribution in [0.3, 0.4) is 0 Å². The molecular weight excluding hydrogens is 366 g/mol. The van der Waals surface area contributed by atoms with Crippen LogP contribution >= 0.6 is 0 Å².